The third-order valence-electron chi connectivity index (χ3n) is 1.57. The molecule has 0 atom stereocenters. The Morgan fingerprint density at radius 1 is 1.53 bits per heavy atom. The molecule has 0 saturated heterocycles. The summed E-state index contributed by atoms with van der Waals surface area (Å²) in [4.78, 5) is 23.6. The smallest absolute Gasteiger partial charge is 0.481 e. The molecule has 0 bridgehead atoms. The lowest BCUT2D eigenvalue weighted by Crippen LogP contribution is -2.21. The molecule has 0 radical (unpaired) electrons. The first kappa shape index (κ1) is 13.8. The molecule has 5 nitrogen and oxygen atoms in total. The van der Waals surface area contributed by atoms with Gasteiger partial charge in [0.25, 0.3) is 5.56 Å². The van der Waals surface area contributed by atoms with Gasteiger partial charge >= 0.3 is 12.3 Å². The lowest BCUT2D eigenvalue weighted by Gasteiger charge is -2.11. The molecule has 0 aliphatic heterocycles. The summed E-state index contributed by atoms with van der Waals surface area (Å²) in [5.74, 6) is -1.99. The van der Waals surface area contributed by atoms with Crippen LogP contribution in [0.1, 0.15) is 5.69 Å². The van der Waals surface area contributed by atoms with Gasteiger partial charge < -0.3 is 14.8 Å². The van der Waals surface area contributed by atoms with Crippen molar-refractivity contribution in [3.8, 4) is 5.75 Å². The van der Waals surface area contributed by atoms with Gasteiger partial charge in [-0.3, -0.25) is 9.59 Å². The quantitative estimate of drug-likeness (QED) is 0.798. The Hall–Kier alpha value is -1.26. The maximum Gasteiger partial charge on any atom is 0.573 e. The summed E-state index contributed by atoms with van der Waals surface area (Å²) in [5.41, 5.74) is -0.995. The first-order valence-corrected chi connectivity index (χ1v) is 5.16. The topological polar surface area (TPSA) is 79.4 Å². The number of nitrogens with one attached hydrogen (secondary N) is 1. The van der Waals surface area contributed by atoms with Gasteiger partial charge in [-0.05, 0) is 22.6 Å². The number of aromatic nitrogens is 1. The molecule has 17 heavy (non-hydrogen) atoms. The highest BCUT2D eigenvalue weighted by Crippen LogP contribution is 2.27. The highest BCUT2D eigenvalue weighted by atomic mass is 127. The zero-order valence-electron chi connectivity index (χ0n) is 7.97. The van der Waals surface area contributed by atoms with Gasteiger partial charge in [0.1, 0.15) is 5.75 Å². The zero-order chi connectivity index (χ0) is 13.2. The van der Waals surface area contributed by atoms with Crippen molar-refractivity contribution in [2.75, 3.05) is 0 Å². The average Bonchev–Trinajstić information content (AvgIpc) is 2.09. The number of ether oxygens (including phenoxy) is 1. The fourth-order valence-corrected chi connectivity index (χ4v) is 1.63. The van der Waals surface area contributed by atoms with E-state index >= 15 is 0 Å². The van der Waals surface area contributed by atoms with Gasteiger partial charge in [-0.1, -0.05) is 0 Å². The summed E-state index contributed by atoms with van der Waals surface area (Å²) in [6.45, 7) is 0. The van der Waals surface area contributed by atoms with Crippen molar-refractivity contribution < 1.29 is 27.8 Å². The maximum absolute atomic E-state index is 12.0. The van der Waals surface area contributed by atoms with Gasteiger partial charge in [-0.2, -0.15) is 0 Å². The Morgan fingerprint density at radius 3 is 2.59 bits per heavy atom. The van der Waals surface area contributed by atoms with Crippen LogP contribution in [-0.2, 0) is 11.2 Å². The summed E-state index contributed by atoms with van der Waals surface area (Å²) in [5, 5.41) is 8.52. The predicted octanol–water partition coefficient (Wildman–Crippen LogP) is 1.51. The third-order valence-corrected chi connectivity index (χ3v) is 2.75. The molecule has 0 aliphatic rings. The summed E-state index contributed by atoms with van der Waals surface area (Å²) in [6, 6.07) is 0.612. The minimum atomic E-state index is -4.94. The lowest BCUT2D eigenvalue weighted by molar-refractivity contribution is -0.275. The number of carboxylic acids is 1. The molecule has 0 amide bonds. The van der Waals surface area contributed by atoms with Crippen LogP contribution in [0.4, 0.5) is 13.2 Å². The summed E-state index contributed by atoms with van der Waals surface area (Å²) in [6.07, 6.45) is -5.53. The third kappa shape index (κ3) is 4.24. The normalized spacial score (nSPS) is 11.3. The number of H-pyrrole nitrogens is 1. The maximum atomic E-state index is 12.0. The van der Waals surface area contributed by atoms with Crippen LogP contribution in [0, 0.1) is 3.57 Å². The molecule has 94 valence electrons. The number of carbonyl (C=O) groups is 1. The molecule has 1 aromatic rings. The molecule has 0 aromatic carbocycles. The summed E-state index contributed by atoms with van der Waals surface area (Å²) in [7, 11) is 0. The van der Waals surface area contributed by atoms with Crippen LogP contribution in [0.15, 0.2) is 10.9 Å². The van der Waals surface area contributed by atoms with E-state index in [0.717, 1.165) is 0 Å². The molecule has 0 unspecified atom stereocenters. The largest absolute Gasteiger partial charge is 0.573 e. The van der Waals surface area contributed by atoms with Crippen LogP contribution in [0.5, 0.6) is 5.75 Å². The lowest BCUT2D eigenvalue weighted by atomic mass is 10.2. The van der Waals surface area contributed by atoms with Gasteiger partial charge in [-0.25, -0.2) is 0 Å². The van der Waals surface area contributed by atoms with Crippen molar-refractivity contribution in [1.82, 2.24) is 4.98 Å². The number of alkyl halides is 3. The van der Waals surface area contributed by atoms with Gasteiger partial charge in [0.15, 0.2) is 0 Å². The molecule has 2 N–H and O–H groups in total. The number of aliphatic carboxylic acids is 1. The van der Waals surface area contributed by atoms with E-state index in [0.29, 0.717) is 6.07 Å². The van der Waals surface area contributed by atoms with Crippen LogP contribution < -0.4 is 10.3 Å². The van der Waals surface area contributed by atoms with E-state index in [2.05, 4.69) is 9.72 Å². The van der Waals surface area contributed by atoms with Crippen molar-refractivity contribution in [3.63, 3.8) is 0 Å². The van der Waals surface area contributed by atoms with Gasteiger partial charge in [-0.15, -0.1) is 13.2 Å². The van der Waals surface area contributed by atoms with E-state index in [9.17, 15) is 22.8 Å². The van der Waals surface area contributed by atoms with Crippen molar-refractivity contribution in [3.05, 3.63) is 25.7 Å². The molecule has 1 aromatic heterocycles. The summed E-state index contributed by atoms with van der Waals surface area (Å²) < 4.78 is 39.5. The molecule has 0 saturated carbocycles. The van der Waals surface area contributed by atoms with Crippen LogP contribution in [0.2, 0.25) is 0 Å². The minimum absolute atomic E-state index is 0.0954. The Morgan fingerprint density at radius 2 is 2.12 bits per heavy atom. The molecular weight excluding hydrogens is 358 g/mol. The van der Waals surface area contributed by atoms with Crippen molar-refractivity contribution in [1.29, 1.82) is 0 Å². The Labute approximate surface area is 106 Å². The van der Waals surface area contributed by atoms with E-state index in [1.54, 1.807) is 0 Å². The Kier molecular flexibility index (Phi) is 4.01. The van der Waals surface area contributed by atoms with Crippen LogP contribution in [-0.4, -0.2) is 22.4 Å². The van der Waals surface area contributed by atoms with E-state index in [1.165, 1.54) is 22.6 Å². The molecular formula is C8H5F3INO4. The number of pyridine rings is 1. The fraction of sp³-hybridized carbons (Fsp3) is 0.250. The second kappa shape index (κ2) is 4.94. The highest BCUT2D eigenvalue weighted by Gasteiger charge is 2.32. The molecule has 0 fully saturated rings. The zero-order valence-corrected chi connectivity index (χ0v) is 10.1. The van der Waals surface area contributed by atoms with Crippen LogP contribution in [0.3, 0.4) is 0 Å². The first-order valence-electron chi connectivity index (χ1n) is 4.08. The van der Waals surface area contributed by atoms with Crippen molar-refractivity contribution in [2.45, 2.75) is 12.8 Å². The number of halogens is 4. The second-order valence-corrected chi connectivity index (χ2v) is 3.99. The Balaban J connectivity index is 3.19. The monoisotopic (exact) mass is 363 g/mol. The predicted molar refractivity (Wildman–Crippen MR) is 57.8 cm³/mol. The highest BCUT2D eigenvalue weighted by molar-refractivity contribution is 14.1. The fourth-order valence-electron chi connectivity index (χ4n) is 1.04. The van der Waals surface area contributed by atoms with E-state index in [4.69, 9.17) is 5.11 Å². The van der Waals surface area contributed by atoms with E-state index in [-0.39, 0.29) is 9.26 Å². The number of rotatable bonds is 3. The van der Waals surface area contributed by atoms with E-state index in [1.807, 2.05) is 0 Å². The Bertz CT molecular complexity index is 497. The number of hydrogen-bond donors (Lipinski definition) is 2. The molecule has 9 heteroatoms. The van der Waals surface area contributed by atoms with Gasteiger partial charge in [0.05, 0.1) is 9.99 Å². The SMILES string of the molecule is O=C(O)Cc1[nH]c(=O)cc(OC(F)(F)F)c1I. The number of carboxylic acid groups (broad SMARTS) is 1. The second-order valence-electron chi connectivity index (χ2n) is 2.91. The van der Waals surface area contributed by atoms with Gasteiger partial charge in [0, 0.05) is 11.8 Å². The van der Waals surface area contributed by atoms with Crippen molar-refractivity contribution in [2.24, 2.45) is 0 Å². The number of hydrogen-bond acceptors (Lipinski definition) is 3. The summed E-state index contributed by atoms with van der Waals surface area (Å²) >= 11 is 1.47. The molecule has 1 rings (SSSR count). The molecule has 0 aliphatic carbocycles. The minimum Gasteiger partial charge on any atom is -0.481 e. The van der Waals surface area contributed by atoms with Gasteiger partial charge in [0.2, 0.25) is 0 Å². The first-order chi connectivity index (χ1) is 7.69. The van der Waals surface area contributed by atoms with E-state index < -0.39 is 30.1 Å². The standard InChI is InChI=1S/C8H5F3INO4/c9-8(10,11)17-4-2-5(14)13-3(7(4)12)1-6(15)16/h2H,1H2,(H,13,14)(H,15,16). The molecule has 1 heterocycles. The van der Waals surface area contributed by atoms with Crippen molar-refractivity contribution >= 4 is 28.6 Å². The van der Waals surface area contributed by atoms with Crippen LogP contribution >= 0.6 is 22.6 Å². The average molecular weight is 363 g/mol. The molecule has 0 spiro atoms. The number of aromatic amines is 1. The van der Waals surface area contributed by atoms with Crippen LogP contribution in [0.25, 0.3) is 0 Å².